The zero-order valence-electron chi connectivity index (χ0n) is 11.8. The molecule has 0 aromatic heterocycles. The second-order valence-electron chi connectivity index (χ2n) is 4.85. The SMILES string of the molecule is COC(=O)NCCC(=O)NC(C)(C)c1cccc(Cl)c1. The van der Waals surface area contributed by atoms with E-state index in [-0.39, 0.29) is 18.9 Å². The molecule has 2 N–H and O–H groups in total. The highest BCUT2D eigenvalue weighted by Crippen LogP contribution is 2.22. The van der Waals surface area contributed by atoms with Gasteiger partial charge < -0.3 is 15.4 Å². The van der Waals surface area contributed by atoms with Crippen LogP contribution in [-0.2, 0) is 15.1 Å². The third kappa shape index (κ3) is 5.09. The van der Waals surface area contributed by atoms with E-state index < -0.39 is 11.6 Å². The molecular formula is C14H19ClN2O3. The lowest BCUT2D eigenvalue weighted by molar-refractivity contribution is -0.122. The highest BCUT2D eigenvalue weighted by Gasteiger charge is 2.22. The number of hydrogen-bond acceptors (Lipinski definition) is 3. The van der Waals surface area contributed by atoms with Gasteiger partial charge >= 0.3 is 6.09 Å². The van der Waals surface area contributed by atoms with Crippen LogP contribution < -0.4 is 10.6 Å². The number of carbonyl (C=O) groups is 2. The van der Waals surface area contributed by atoms with Crippen LogP contribution in [-0.4, -0.2) is 25.7 Å². The molecule has 110 valence electrons. The minimum atomic E-state index is -0.549. The highest BCUT2D eigenvalue weighted by atomic mass is 35.5. The maximum absolute atomic E-state index is 11.9. The van der Waals surface area contributed by atoms with Crippen LogP contribution in [0.25, 0.3) is 0 Å². The van der Waals surface area contributed by atoms with Crippen LogP contribution in [0.15, 0.2) is 24.3 Å². The van der Waals surface area contributed by atoms with Gasteiger partial charge in [0.05, 0.1) is 12.6 Å². The van der Waals surface area contributed by atoms with E-state index in [0.717, 1.165) is 5.56 Å². The van der Waals surface area contributed by atoms with Gasteiger partial charge in [-0.3, -0.25) is 4.79 Å². The summed E-state index contributed by atoms with van der Waals surface area (Å²) in [5.74, 6) is -0.161. The number of nitrogens with one attached hydrogen (secondary N) is 2. The summed E-state index contributed by atoms with van der Waals surface area (Å²) < 4.78 is 4.42. The minimum Gasteiger partial charge on any atom is -0.453 e. The summed E-state index contributed by atoms with van der Waals surface area (Å²) in [4.78, 5) is 22.7. The van der Waals surface area contributed by atoms with Crippen molar-refractivity contribution in [3.8, 4) is 0 Å². The Hall–Kier alpha value is -1.75. The van der Waals surface area contributed by atoms with E-state index in [1.165, 1.54) is 7.11 Å². The Bertz CT molecular complexity index is 489. The molecule has 0 bridgehead atoms. The molecular weight excluding hydrogens is 280 g/mol. The fourth-order valence-corrected chi connectivity index (χ4v) is 1.90. The molecule has 0 aliphatic rings. The van der Waals surface area contributed by atoms with E-state index in [1.807, 2.05) is 32.0 Å². The average Bonchev–Trinajstić information content (AvgIpc) is 2.38. The number of ether oxygens (including phenoxy) is 1. The largest absolute Gasteiger partial charge is 0.453 e. The van der Waals surface area contributed by atoms with E-state index in [4.69, 9.17) is 11.6 Å². The molecule has 0 radical (unpaired) electrons. The minimum absolute atomic E-state index is 0.161. The zero-order chi connectivity index (χ0) is 15.2. The number of carbonyl (C=O) groups excluding carboxylic acids is 2. The van der Waals surface area contributed by atoms with Crippen LogP contribution in [0.2, 0.25) is 5.02 Å². The van der Waals surface area contributed by atoms with Gasteiger partial charge in [-0.15, -0.1) is 0 Å². The van der Waals surface area contributed by atoms with Gasteiger partial charge in [-0.25, -0.2) is 4.79 Å². The van der Waals surface area contributed by atoms with E-state index >= 15 is 0 Å². The normalized spacial score (nSPS) is 10.8. The van der Waals surface area contributed by atoms with Crippen molar-refractivity contribution >= 4 is 23.6 Å². The average molecular weight is 299 g/mol. The molecule has 20 heavy (non-hydrogen) atoms. The summed E-state index contributed by atoms with van der Waals surface area (Å²) >= 11 is 5.95. The topological polar surface area (TPSA) is 67.4 Å². The molecule has 0 saturated heterocycles. The van der Waals surface area contributed by atoms with Gasteiger partial charge in [-0.05, 0) is 31.5 Å². The summed E-state index contributed by atoms with van der Waals surface area (Å²) in [6.45, 7) is 4.01. The molecule has 0 aliphatic carbocycles. The first-order valence-electron chi connectivity index (χ1n) is 6.24. The fraction of sp³-hybridized carbons (Fsp3) is 0.429. The quantitative estimate of drug-likeness (QED) is 0.877. The van der Waals surface area contributed by atoms with Crippen LogP contribution in [0.4, 0.5) is 4.79 Å². The number of rotatable bonds is 5. The van der Waals surface area contributed by atoms with Crippen molar-refractivity contribution in [1.29, 1.82) is 0 Å². The monoisotopic (exact) mass is 298 g/mol. The van der Waals surface area contributed by atoms with Crippen molar-refractivity contribution in [2.75, 3.05) is 13.7 Å². The van der Waals surface area contributed by atoms with Crippen molar-refractivity contribution in [3.63, 3.8) is 0 Å². The highest BCUT2D eigenvalue weighted by molar-refractivity contribution is 6.30. The zero-order valence-corrected chi connectivity index (χ0v) is 12.6. The number of methoxy groups -OCH3 is 1. The van der Waals surface area contributed by atoms with Gasteiger partial charge in [0.25, 0.3) is 0 Å². The van der Waals surface area contributed by atoms with Crippen LogP contribution >= 0.6 is 11.6 Å². The third-order valence-electron chi connectivity index (χ3n) is 2.81. The molecule has 0 unspecified atom stereocenters. The van der Waals surface area contributed by atoms with Crippen molar-refractivity contribution in [1.82, 2.24) is 10.6 Å². The molecule has 5 nitrogen and oxygen atoms in total. The molecule has 0 aliphatic heterocycles. The van der Waals surface area contributed by atoms with Crippen LogP contribution in [0, 0.1) is 0 Å². The van der Waals surface area contributed by atoms with Crippen LogP contribution in [0.1, 0.15) is 25.8 Å². The first-order chi connectivity index (χ1) is 9.35. The van der Waals surface area contributed by atoms with Gasteiger partial charge in [-0.2, -0.15) is 0 Å². The summed E-state index contributed by atoms with van der Waals surface area (Å²) in [5.41, 5.74) is 0.382. The van der Waals surface area contributed by atoms with Gasteiger partial charge in [0.1, 0.15) is 0 Å². The summed E-state index contributed by atoms with van der Waals surface area (Å²) in [6, 6.07) is 7.33. The van der Waals surface area contributed by atoms with E-state index in [1.54, 1.807) is 6.07 Å². The number of amides is 2. The van der Waals surface area contributed by atoms with Gasteiger partial charge in [-0.1, -0.05) is 23.7 Å². The number of alkyl carbamates (subject to hydrolysis) is 1. The first-order valence-corrected chi connectivity index (χ1v) is 6.62. The summed E-state index contributed by atoms with van der Waals surface area (Å²) in [7, 11) is 1.28. The Labute approximate surface area is 123 Å². The molecule has 0 saturated carbocycles. The fourth-order valence-electron chi connectivity index (χ4n) is 1.71. The Balaban J connectivity index is 2.53. The number of hydrogen-bond donors (Lipinski definition) is 2. The van der Waals surface area contributed by atoms with Gasteiger partial charge in [0.2, 0.25) is 5.91 Å². The maximum atomic E-state index is 11.9. The van der Waals surface area contributed by atoms with Crippen molar-refractivity contribution in [2.24, 2.45) is 0 Å². The Morgan fingerprint density at radius 3 is 2.65 bits per heavy atom. The van der Waals surface area contributed by atoms with E-state index in [9.17, 15) is 9.59 Å². The van der Waals surface area contributed by atoms with Crippen molar-refractivity contribution in [3.05, 3.63) is 34.9 Å². The molecule has 0 atom stereocenters. The maximum Gasteiger partial charge on any atom is 0.406 e. The van der Waals surface area contributed by atoms with E-state index in [2.05, 4.69) is 15.4 Å². The van der Waals surface area contributed by atoms with E-state index in [0.29, 0.717) is 5.02 Å². The Kier molecular flexibility index (Phi) is 5.82. The predicted octanol–water partition coefficient (Wildman–Crippen LogP) is 2.44. The molecule has 0 heterocycles. The smallest absolute Gasteiger partial charge is 0.406 e. The third-order valence-corrected chi connectivity index (χ3v) is 3.04. The number of halogens is 1. The Morgan fingerprint density at radius 1 is 1.35 bits per heavy atom. The molecule has 6 heteroatoms. The lowest BCUT2D eigenvalue weighted by Crippen LogP contribution is -2.42. The molecule has 1 aromatic rings. The lowest BCUT2D eigenvalue weighted by Gasteiger charge is -2.27. The molecule has 1 aromatic carbocycles. The molecule has 2 amide bonds. The van der Waals surface area contributed by atoms with Crippen LogP contribution in [0.5, 0.6) is 0 Å². The molecule has 0 spiro atoms. The second kappa shape index (κ2) is 7.14. The van der Waals surface area contributed by atoms with Crippen LogP contribution in [0.3, 0.4) is 0 Å². The van der Waals surface area contributed by atoms with Crippen molar-refractivity contribution in [2.45, 2.75) is 25.8 Å². The van der Waals surface area contributed by atoms with Crippen molar-refractivity contribution < 1.29 is 14.3 Å². The number of benzene rings is 1. The van der Waals surface area contributed by atoms with Gasteiger partial charge in [0.15, 0.2) is 0 Å². The molecule has 0 fully saturated rings. The lowest BCUT2D eigenvalue weighted by atomic mass is 9.94. The first kappa shape index (κ1) is 16.3. The Morgan fingerprint density at radius 2 is 2.05 bits per heavy atom. The molecule has 1 rings (SSSR count). The standard InChI is InChI=1S/C14H19ClN2O3/c1-14(2,10-5-4-6-11(15)9-10)17-12(18)7-8-16-13(19)20-3/h4-6,9H,7-8H2,1-3H3,(H,16,19)(H,17,18). The summed E-state index contributed by atoms with van der Waals surface area (Å²) in [6.07, 6.45) is -0.370. The predicted molar refractivity (Wildman–Crippen MR) is 77.6 cm³/mol. The summed E-state index contributed by atoms with van der Waals surface area (Å²) in [5, 5.41) is 5.98. The van der Waals surface area contributed by atoms with Gasteiger partial charge in [0, 0.05) is 18.0 Å². The second-order valence-corrected chi connectivity index (χ2v) is 5.29.